The molecule has 2 fully saturated rings. The van der Waals surface area contributed by atoms with E-state index in [-0.39, 0.29) is 23.3 Å². The molecule has 4 atom stereocenters. The van der Waals surface area contributed by atoms with Crippen LogP contribution >= 0.6 is 0 Å². The number of nitrogens with zero attached hydrogens (tertiary/aromatic N) is 1. The van der Waals surface area contributed by atoms with Gasteiger partial charge in [0.15, 0.2) is 0 Å². The van der Waals surface area contributed by atoms with Gasteiger partial charge in [0.25, 0.3) is 6.01 Å². The number of nitrogens with one attached hydrogen (secondary N) is 1. The molecule has 1 saturated heterocycles. The quantitative estimate of drug-likeness (QED) is 0.487. The van der Waals surface area contributed by atoms with E-state index in [9.17, 15) is 19.1 Å². The fourth-order valence-electron chi connectivity index (χ4n) is 6.50. The van der Waals surface area contributed by atoms with Gasteiger partial charge in [-0.1, -0.05) is 32.4 Å². The molecule has 2 aromatic heterocycles. The monoisotopic (exact) mass is 466 g/mol. The number of carbonyl (C=O) groups excluding carboxylic acids is 1. The molecular weight excluding hydrogens is 435 g/mol. The number of amides is 1. The van der Waals surface area contributed by atoms with Crippen LogP contribution in [0.25, 0.3) is 22.2 Å². The topological polar surface area (TPSA) is 86.5 Å². The number of halogens is 1. The maximum absolute atomic E-state index is 13.6. The third-order valence-electron chi connectivity index (χ3n) is 8.22. The molecule has 2 aliphatic rings. The molecular formula is C27H31FN2O4. The van der Waals surface area contributed by atoms with Gasteiger partial charge >= 0.3 is 5.97 Å². The number of carbonyl (C=O) groups is 2. The van der Waals surface area contributed by atoms with Crippen molar-refractivity contribution >= 4 is 22.8 Å². The second-order valence-corrected chi connectivity index (χ2v) is 10.2. The lowest BCUT2D eigenvalue weighted by Gasteiger charge is -2.53. The Labute approximate surface area is 198 Å². The van der Waals surface area contributed by atoms with Crippen molar-refractivity contribution < 1.29 is 23.5 Å². The Kier molecular flexibility index (Phi) is 5.74. The van der Waals surface area contributed by atoms with Crippen molar-refractivity contribution in [3.63, 3.8) is 0 Å². The first-order chi connectivity index (χ1) is 16.3. The molecule has 3 aromatic rings. The van der Waals surface area contributed by atoms with Crippen LogP contribution in [0.3, 0.4) is 0 Å². The normalized spacial score (nSPS) is 25.8. The Morgan fingerprint density at radius 2 is 2.09 bits per heavy atom. The van der Waals surface area contributed by atoms with Gasteiger partial charge in [0.2, 0.25) is 5.91 Å². The summed E-state index contributed by atoms with van der Waals surface area (Å²) < 4.78 is 18.8. The van der Waals surface area contributed by atoms with Crippen molar-refractivity contribution in [2.45, 2.75) is 64.3 Å². The number of furan rings is 1. The van der Waals surface area contributed by atoms with Crippen LogP contribution < -0.4 is 0 Å². The molecule has 5 rings (SSSR count). The van der Waals surface area contributed by atoms with E-state index in [2.05, 4.69) is 11.9 Å². The van der Waals surface area contributed by atoms with Crippen molar-refractivity contribution in [2.75, 3.05) is 6.54 Å². The first kappa shape index (κ1) is 22.7. The van der Waals surface area contributed by atoms with E-state index in [0.29, 0.717) is 25.1 Å². The molecule has 6 nitrogen and oxygen atoms in total. The fraction of sp³-hybridized carbons (Fsp3) is 0.481. The van der Waals surface area contributed by atoms with Crippen LogP contribution in [-0.4, -0.2) is 39.5 Å². The first-order valence-electron chi connectivity index (χ1n) is 12.2. The average Bonchev–Trinajstić information content (AvgIpc) is 3.43. The van der Waals surface area contributed by atoms with Gasteiger partial charge in [-0.15, -0.1) is 0 Å². The number of aromatic amines is 1. The Hall–Kier alpha value is -3.09. The molecule has 1 aromatic carbocycles. The molecule has 0 spiro atoms. The van der Waals surface area contributed by atoms with E-state index in [1.54, 1.807) is 6.07 Å². The van der Waals surface area contributed by atoms with Gasteiger partial charge in [0.1, 0.15) is 5.76 Å². The van der Waals surface area contributed by atoms with Gasteiger partial charge in [-0.3, -0.25) is 9.59 Å². The van der Waals surface area contributed by atoms with Crippen LogP contribution in [0, 0.1) is 17.3 Å². The summed E-state index contributed by atoms with van der Waals surface area (Å²) in [5, 5.41) is 10.8. The zero-order chi connectivity index (χ0) is 24.0. The minimum absolute atomic E-state index is 0.0274. The summed E-state index contributed by atoms with van der Waals surface area (Å²) in [6, 6.07) is 8.01. The van der Waals surface area contributed by atoms with Crippen LogP contribution in [-0.2, 0) is 9.59 Å². The highest BCUT2D eigenvalue weighted by Gasteiger charge is 2.52. The predicted octanol–water partition coefficient (Wildman–Crippen LogP) is 5.94. The first-order valence-corrected chi connectivity index (χ1v) is 12.2. The fourth-order valence-corrected chi connectivity index (χ4v) is 6.50. The molecule has 1 aliphatic heterocycles. The molecule has 2 N–H and O–H groups in total. The number of likely N-dealkylation sites (tertiary alicyclic amines) is 1. The summed E-state index contributed by atoms with van der Waals surface area (Å²) in [5.74, 6) is -0.685. The number of aliphatic carboxylic acids is 1. The molecule has 4 unspecified atom stereocenters. The standard InChI is InChI=1S/C27H31FN2O4/c1-16(18-15-29-20-8-3-6-17(25(18)20)21-10-11-23(28)34-21)14-24(31)30-13-5-12-27(2)19(26(32)33)7-4-9-22(27)30/h3,6,8,10-11,15-16,19,22,29H,4-5,7,9,12-14H2,1-2H3,(H,32,33). The summed E-state index contributed by atoms with van der Waals surface area (Å²) >= 11 is 0. The number of piperidine rings is 1. The van der Waals surface area contributed by atoms with E-state index in [1.165, 1.54) is 6.07 Å². The number of fused-ring (bicyclic) bond motifs is 2. The van der Waals surface area contributed by atoms with E-state index in [4.69, 9.17) is 4.42 Å². The number of carboxylic acids is 1. The number of benzene rings is 1. The molecule has 180 valence electrons. The van der Waals surface area contributed by atoms with Gasteiger partial charge in [-0.05, 0) is 49.3 Å². The lowest BCUT2D eigenvalue weighted by atomic mass is 9.60. The SMILES string of the molecule is CC(CC(=O)N1CCCC2(C)C(C(=O)O)CCCC12)c1c[nH]c2cccc(-c3ccc(F)o3)c12. The van der Waals surface area contributed by atoms with Gasteiger partial charge in [-0.25, -0.2) is 0 Å². The molecule has 0 radical (unpaired) electrons. The second-order valence-electron chi connectivity index (χ2n) is 10.2. The predicted molar refractivity (Wildman–Crippen MR) is 127 cm³/mol. The second kappa shape index (κ2) is 8.60. The minimum atomic E-state index is -0.740. The maximum atomic E-state index is 13.6. The number of rotatable bonds is 5. The number of hydrogen-bond acceptors (Lipinski definition) is 3. The lowest BCUT2D eigenvalue weighted by Crippen LogP contribution is -2.59. The van der Waals surface area contributed by atoms with Crippen molar-refractivity contribution in [3.05, 3.63) is 48.1 Å². The third kappa shape index (κ3) is 3.71. The van der Waals surface area contributed by atoms with Crippen LogP contribution in [0.2, 0.25) is 0 Å². The smallest absolute Gasteiger partial charge is 0.307 e. The Bertz CT molecular complexity index is 1230. The van der Waals surface area contributed by atoms with Crippen LogP contribution in [0.15, 0.2) is 40.9 Å². The summed E-state index contributed by atoms with van der Waals surface area (Å²) in [5.41, 5.74) is 2.31. The maximum Gasteiger partial charge on any atom is 0.307 e. The zero-order valence-electron chi connectivity index (χ0n) is 19.6. The largest absolute Gasteiger partial charge is 0.481 e. The van der Waals surface area contributed by atoms with Crippen molar-refractivity contribution in [1.82, 2.24) is 9.88 Å². The number of hydrogen-bond donors (Lipinski definition) is 2. The Balaban J connectivity index is 1.41. The van der Waals surface area contributed by atoms with E-state index >= 15 is 0 Å². The highest BCUT2D eigenvalue weighted by molar-refractivity contribution is 5.97. The minimum Gasteiger partial charge on any atom is -0.481 e. The van der Waals surface area contributed by atoms with Crippen LogP contribution in [0.1, 0.15) is 63.9 Å². The summed E-state index contributed by atoms with van der Waals surface area (Å²) in [6.07, 6.45) is 6.32. The summed E-state index contributed by atoms with van der Waals surface area (Å²) in [6.45, 7) is 4.78. The third-order valence-corrected chi connectivity index (χ3v) is 8.22. The lowest BCUT2D eigenvalue weighted by molar-refractivity contribution is -0.160. The van der Waals surface area contributed by atoms with Crippen molar-refractivity contribution in [1.29, 1.82) is 0 Å². The average molecular weight is 467 g/mol. The van der Waals surface area contributed by atoms with Crippen molar-refractivity contribution in [2.24, 2.45) is 11.3 Å². The molecule has 34 heavy (non-hydrogen) atoms. The highest BCUT2D eigenvalue weighted by atomic mass is 19.1. The number of H-pyrrole nitrogens is 1. The summed E-state index contributed by atoms with van der Waals surface area (Å²) in [4.78, 5) is 30.8. The molecule has 0 bridgehead atoms. The van der Waals surface area contributed by atoms with E-state index in [1.807, 2.05) is 36.2 Å². The molecule has 1 aliphatic carbocycles. The Morgan fingerprint density at radius 1 is 1.26 bits per heavy atom. The van der Waals surface area contributed by atoms with Crippen molar-refractivity contribution in [3.8, 4) is 11.3 Å². The van der Waals surface area contributed by atoms with E-state index < -0.39 is 17.9 Å². The molecule has 1 saturated carbocycles. The molecule has 7 heteroatoms. The van der Waals surface area contributed by atoms with Crippen LogP contribution in [0.5, 0.6) is 0 Å². The Morgan fingerprint density at radius 3 is 2.82 bits per heavy atom. The van der Waals surface area contributed by atoms with Gasteiger partial charge in [0.05, 0.1) is 5.92 Å². The van der Waals surface area contributed by atoms with Gasteiger partial charge in [0, 0.05) is 53.2 Å². The number of aromatic nitrogens is 1. The van der Waals surface area contributed by atoms with Gasteiger partial charge < -0.3 is 19.4 Å². The highest BCUT2D eigenvalue weighted by Crippen LogP contribution is 2.49. The molecule has 3 heterocycles. The molecule has 1 amide bonds. The summed E-state index contributed by atoms with van der Waals surface area (Å²) in [7, 11) is 0. The van der Waals surface area contributed by atoms with Crippen LogP contribution in [0.4, 0.5) is 4.39 Å². The van der Waals surface area contributed by atoms with E-state index in [0.717, 1.165) is 47.7 Å². The zero-order valence-corrected chi connectivity index (χ0v) is 19.6. The number of carboxylic acid groups (broad SMARTS) is 1. The van der Waals surface area contributed by atoms with Gasteiger partial charge in [-0.2, -0.15) is 4.39 Å².